The number of fused-ring (bicyclic) bond motifs is 4. The van der Waals surface area contributed by atoms with E-state index in [0.717, 1.165) is 40.6 Å². The van der Waals surface area contributed by atoms with Gasteiger partial charge in [0, 0.05) is 29.6 Å². The molecule has 1 aliphatic rings. The zero-order chi connectivity index (χ0) is 20.1. The Labute approximate surface area is 167 Å². The number of aromatic nitrogens is 3. The fraction of sp³-hybridized carbons (Fsp3) is 0.261. The number of aromatic hydroxyl groups is 2. The Morgan fingerprint density at radius 2 is 1.86 bits per heavy atom. The third kappa shape index (κ3) is 2.59. The number of rotatable bonds is 4. The van der Waals surface area contributed by atoms with Crippen LogP contribution in [0.5, 0.6) is 11.6 Å². The van der Waals surface area contributed by atoms with Gasteiger partial charge in [0.25, 0.3) is 0 Å². The summed E-state index contributed by atoms with van der Waals surface area (Å²) in [7, 11) is 0. The van der Waals surface area contributed by atoms with Gasteiger partial charge in [-0.1, -0.05) is 43.7 Å². The number of phenolic OH excluding ortho intramolecular Hbond substituents is 1. The third-order valence-electron chi connectivity index (χ3n) is 5.91. The van der Waals surface area contributed by atoms with Crippen LogP contribution in [-0.4, -0.2) is 24.3 Å². The number of H-pyrrole nitrogens is 1. The molecular weight excluding hydrogens is 366 g/mol. The maximum Gasteiger partial charge on any atom is 0.332 e. The van der Waals surface area contributed by atoms with Crippen LogP contribution in [0.25, 0.3) is 10.9 Å². The average Bonchev–Trinajstić information content (AvgIpc) is 3.21. The Bertz CT molecular complexity index is 1260. The standard InChI is InChI=1S/C23H23N3O3/c1-2-3-12-25-22(28)19-13-17-16-6-4-5-7-18(16)24-20(17)21(26(19)23(25)29)14-8-10-15(27)11-9-14/h4-11,21,24,27-28H,2-3,12-13H2,1H3/t21-/m0/s1. The molecule has 0 saturated carbocycles. The lowest BCUT2D eigenvalue weighted by molar-refractivity contribution is 0.404. The normalized spacial score (nSPS) is 15.4. The number of nitrogens with zero attached hydrogens (tertiary/aromatic N) is 2. The minimum atomic E-state index is -0.386. The van der Waals surface area contributed by atoms with Crippen LogP contribution in [0.1, 0.15) is 48.3 Å². The highest BCUT2D eigenvalue weighted by Crippen LogP contribution is 2.41. The van der Waals surface area contributed by atoms with Gasteiger partial charge in [0.15, 0.2) is 0 Å². The topological polar surface area (TPSA) is 83.2 Å². The molecule has 0 bridgehead atoms. The Morgan fingerprint density at radius 1 is 1.10 bits per heavy atom. The van der Waals surface area contributed by atoms with Gasteiger partial charge < -0.3 is 15.2 Å². The highest BCUT2D eigenvalue weighted by Gasteiger charge is 2.35. The lowest BCUT2D eigenvalue weighted by Crippen LogP contribution is -2.32. The first kappa shape index (κ1) is 17.7. The van der Waals surface area contributed by atoms with Gasteiger partial charge >= 0.3 is 5.69 Å². The van der Waals surface area contributed by atoms with Crippen LogP contribution in [0.2, 0.25) is 0 Å². The van der Waals surface area contributed by atoms with E-state index in [1.165, 1.54) is 4.57 Å². The van der Waals surface area contributed by atoms with Gasteiger partial charge in [-0.3, -0.25) is 9.13 Å². The summed E-state index contributed by atoms with van der Waals surface area (Å²) in [5.74, 6) is 0.237. The number of benzene rings is 2. The minimum absolute atomic E-state index is 0.0585. The van der Waals surface area contributed by atoms with Crippen molar-refractivity contribution in [2.45, 2.75) is 38.8 Å². The molecule has 0 unspecified atom stereocenters. The summed E-state index contributed by atoms with van der Waals surface area (Å²) in [6.07, 6.45) is 2.26. The molecular formula is C23H23N3O3. The van der Waals surface area contributed by atoms with Crippen LogP contribution in [-0.2, 0) is 13.0 Å². The molecule has 5 rings (SSSR count). The molecule has 4 aromatic rings. The van der Waals surface area contributed by atoms with E-state index in [1.54, 1.807) is 16.7 Å². The largest absolute Gasteiger partial charge is 0.508 e. The molecule has 6 heteroatoms. The SMILES string of the molecule is CCCCn1c(O)c2n(c1=O)[C@@H](c1ccc(O)cc1)c1[nH]c3ccccc3c1C2. The molecule has 3 N–H and O–H groups in total. The van der Waals surface area contributed by atoms with Crippen LogP contribution in [0, 0.1) is 0 Å². The number of nitrogens with one attached hydrogen (secondary N) is 1. The van der Waals surface area contributed by atoms with Crippen LogP contribution in [0.15, 0.2) is 53.3 Å². The average molecular weight is 389 g/mol. The molecule has 29 heavy (non-hydrogen) atoms. The molecule has 3 heterocycles. The molecule has 0 amide bonds. The minimum Gasteiger partial charge on any atom is -0.508 e. The quantitative estimate of drug-likeness (QED) is 0.436. The zero-order valence-corrected chi connectivity index (χ0v) is 16.2. The molecule has 0 radical (unpaired) electrons. The van der Waals surface area contributed by atoms with Crippen molar-refractivity contribution in [3.63, 3.8) is 0 Å². The fourth-order valence-corrected chi connectivity index (χ4v) is 4.46. The second-order valence-electron chi connectivity index (χ2n) is 7.66. The maximum atomic E-state index is 13.3. The van der Waals surface area contributed by atoms with Crippen molar-refractivity contribution in [3.05, 3.63) is 81.5 Å². The lowest BCUT2D eigenvalue weighted by Gasteiger charge is -2.26. The van der Waals surface area contributed by atoms with Crippen LogP contribution in [0.4, 0.5) is 0 Å². The summed E-state index contributed by atoms with van der Waals surface area (Å²) >= 11 is 0. The van der Waals surface area contributed by atoms with E-state index in [9.17, 15) is 15.0 Å². The van der Waals surface area contributed by atoms with Gasteiger partial charge in [0.2, 0.25) is 5.88 Å². The molecule has 2 aromatic carbocycles. The number of imidazole rings is 1. The summed E-state index contributed by atoms with van der Waals surface area (Å²) in [6.45, 7) is 2.56. The van der Waals surface area contributed by atoms with Crippen molar-refractivity contribution in [2.24, 2.45) is 0 Å². The van der Waals surface area contributed by atoms with E-state index in [0.29, 0.717) is 18.7 Å². The first-order valence-electron chi connectivity index (χ1n) is 10.0. The number of unbranched alkanes of at least 4 members (excludes halogenated alkanes) is 1. The van der Waals surface area contributed by atoms with E-state index < -0.39 is 0 Å². The first-order chi connectivity index (χ1) is 14.1. The van der Waals surface area contributed by atoms with Gasteiger partial charge in [-0.2, -0.15) is 0 Å². The number of aromatic amines is 1. The Hall–Kier alpha value is -3.41. The van der Waals surface area contributed by atoms with Crippen LogP contribution >= 0.6 is 0 Å². The predicted octanol–water partition coefficient (Wildman–Crippen LogP) is 3.88. The molecule has 0 saturated heterocycles. The van der Waals surface area contributed by atoms with E-state index in [4.69, 9.17) is 0 Å². The number of para-hydroxylation sites is 1. The zero-order valence-electron chi connectivity index (χ0n) is 16.2. The van der Waals surface area contributed by atoms with Crippen molar-refractivity contribution < 1.29 is 10.2 Å². The van der Waals surface area contributed by atoms with Crippen molar-refractivity contribution in [1.82, 2.24) is 14.1 Å². The van der Waals surface area contributed by atoms with E-state index in [2.05, 4.69) is 18.0 Å². The fourth-order valence-electron chi connectivity index (χ4n) is 4.46. The van der Waals surface area contributed by atoms with Crippen molar-refractivity contribution in [1.29, 1.82) is 0 Å². The van der Waals surface area contributed by atoms with E-state index >= 15 is 0 Å². The highest BCUT2D eigenvalue weighted by atomic mass is 16.3. The molecule has 1 aliphatic heterocycles. The maximum absolute atomic E-state index is 13.3. The number of hydrogen-bond donors (Lipinski definition) is 3. The molecule has 1 atom stereocenters. The van der Waals surface area contributed by atoms with E-state index in [-0.39, 0.29) is 23.4 Å². The van der Waals surface area contributed by atoms with Gasteiger partial charge in [0.05, 0.1) is 5.69 Å². The summed E-state index contributed by atoms with van der Waals surface area (Å²) in [5, 5.41) is 21.8. The highest BCUT2D eigenvalue weighted by molar-refractivity contribution is 5.86. The lowest BCUT2D eigenvalue weighted by atomic mass is 9.93. The van der Waals surface area contributed by atoms with Crippen LogP contribution in [0.3, 0.4) is 0 Å². The molecule has 0 aliphatic carbocycles. The Kier molecular flexibility index (Phi) is 4.01. The van der Waals surface area contributed by atoms with Crippen molar-refractivity contribution >= 4 is 10.9 Å². The van der Waals surface area contributed by atoms with Crippen LogP contribution < -0.4 is 5.69 Å². The predicted molar refractivity (Wildman–Crippen MR) is 112 cm³/mol. The summed E-state index contributed by atoms with van der Waals surface area (Å²) in [5.41, 5.74) is 4.39. The Morgan fingerprint density at radius 3 is 2.62 bits per heavy atom. The summed E-state index contributed by atoms with van der Waals surface area (Å²) in [4.78, 5) is 16.8. The smallest absolute Gasteiger partial charge is 0.332 e. The third-order valence-corrected chi connectivity index (χ3v) is 5.91. The van der Waals surface area contributed by atoms with Gasteiger partial charge in [-0.05, 0) is 35.7 Å². The molecule has 2 aromatic heterocycles. The molecule has 0 spiro atoms. The first-order valence-corrected chi connectivity index (χ1v) is 10.0. The van der Waals surface area contributed by atoms with Gasteiger partial charge in [-0.15, -0.1) is 0 Å². The molecule has 6 nitrogen and oxygen atoms in total. The second-order valence-corrected chi connectivity index (χ2v) is 7.66. The molecule has 148 valence electrons. The summed E-state index contributed by atoms with van der Waals surface area (Å²) in [6, 6.07) is 14.6. The van der Waals surface area contributed by atoms with Gasteiger partial charge in [0.1, 0.15) is 11.8 Å². The Balaban J connectivity index is 1.79. The molecule has 0 fully saturated rings. The number of phenols is 1. The summed E-state index contributed by atoms with van der Waals surface area (Å²) < 4.78 is 3.19. The van der Waals surface area contributed by atoms with Gasteiger partial charge in [-0.25, -0.2) is 4.79 Å². The van der Waals surface area contributed by atoms with Crippen molar-refractivity contribution in [3.8, 4) is 11.6 Å². The van der Waals surface area contributed by atoms with E-state index in [1.807, 2.05) is 30.3 Å². The second kappa shape index (κ2) is 6.58. The van der Waals surface area contributed by atoms with Crippen molar-refractivity contribution in [2.75, 3.05) is 0 Å². The monoisotopic (exact) mass is 389 g/mol. The number of hydrogen-bond acceptors (Lipinski definition) is 3.